The van der Waals surface area contributed by atoms with Crippen LogP contribution in [0.15, 0.2) is 267 Å². The summed E-state index contributed by atoms with van der Waals surface area (Å²) in [4.78, 5) is 0. The summed E-state index contributed by atoms with van der Waals surface area (Å²) in [6, 6.07) is 101. The van der Waals surface area contributed by atoms with Gasteiger partial charge in [0.1, 0.15) is 0 Å². The average molecular weight is 1100 g/mol. The van der Waals surface area contributed by atoms with Crippen molar-refractivity contribution in [2.75, 3.05) is 0 Å². The van der Waals surface area contributed by atoms with E-state index in [1.165, 1.54) is 169 Å². The SMILES string of the molecule is c1ccc(-c2ccc3sc4ccc(-c5c6ccccc6c(-c6ccc7c(c6)[se]c6c(-c8c9ccccc9c(-c9ccc%10sc%11ccc(-c%12ccccc%12)cc%11c%10c9)c9ccccc89)cccc67)c6ccccc56)cc4c3c2)cc1. The molecule has 17 aromatic rings. The summed E-state index contributed by atoms with van der Waals surface area (Å²) in [6.07, 6.45) is 0. The molecule has 0 aliphatic rings. The molecule has 0 saturated carbocycles. The summed E-state index contributed by atoms with van der Waals surface area (Å²) in [5.74, 6) is 0. The first-order valence-electron chi connectivity index (χ1n) is 27.0. The molecule has 0 nitrogen and oxygen atoms in total. The van der Waals surface area contributed by atoms with Crippen molar-refractivity contribution in [2.24, 2.45) is 0 Å². The zero-order chi connectivity index (χ0) is 51.7. The average Bonchev–Trinajstić information content (AvgIpc) is 4.24. The molecule has 0 unspecified atom stereocenters. The van der Waals surface area contributed by atoms with E-state index in [1.54, 1.807) is 0 Å². The fraction of sp³-hybridized carbons (Fsp3) is 0. The topological polar surface area (TPSA) is 0 Å². The molecule has 0 aliphatic heterocycles. The van der Waals surface area contributed by atoms with Gasteiger partial charge in [0.15, 0.2) is 0 Å². The molecule has 0 aliphatic carbocycles. The summed E-state index contributed by atoms with van der Waals surface area (Å²) in [5, 5.41) is 18.2. The Bertz CT molecular complexity index is 5250. The van der Waals surface area contributed by atoms with Crippen LogP contribution < -0.4 is 0 Å². The van der Waals surface area contributed by atoms with Gasteiger partial charge < -0.3 is 0 Å². The molecule has 0 radical (unpaired) electrons. The third kappa shape index (κ3) is 7.04. The summed E-state index contributed by atoms with van der Waals surface area (Å²) >= 11 is 3.83. The van der Waals surface area contributed by atoms with Gasteiger partial charge in [0, 0.05) is 0 Å². The van der Waals surface area contributed by atoms with E-state index in [4.69, 9.17) is 0 Å². The molecular formula is C76H44S2Se. The van der Waals surface area contributed by atoms with Crippen LogP contribution in [0.2, 0.25) is 0 Å². The monoisotopic (exact) mass is 1100 g/mol. The van der Waals surface area contributed by atoms with Crippen LogP contribution in [-0.4, -0.2) is 14.5 Å². The van der Waals surface area contributed by atoms with E-state index in [2.05, 4.69) is 267 Å². The fourth-order valence-electron chi connectivity index (χ4n) is 13.1. The van der Waals surface area contributed by atoms with Gasteiger partial charge in [-0.2, -0.15) is 0 Å². The van der Waals surface area contributed by atoms with E-state index < -0.39 is 0 Å². The Balaban J connectivity index is 0.821. The second-order valence-corrected chi connectivity index (χ2v) is 25.3. The zero-order valence-electron chi connectivity index (χ0n) is 42.6. The molecule has 79 heavy (non-hydrogen) atoms. The van der Waals surface area contributed by atoms with E-state index >= 15 is 0 Å². The van der Waals surface area contributed by atoms with Crippen LogP contribution in [-0.2, 0) is 0 Å². The smallest absolute Gasteiger partial charge is 0.0617 e. The van der Waals surface area contributed by atoms with Crippen LogP contribution in [0.25, 0.3) is 169 Å². The van der Waals surface area contributed by atoms with Crippen molar-refractivity contribution < 1.29 is 0 Å². The van der Waals surface area contributed by atoms with Crippen molar-refractivity contribution in [3.8, 4) is 66.8 Å². The summed E-state index contributed by atoms with van der Waals surface area (Å²) in [6.45, 7) is 0. The molecular weight excluding hydrogens is 1060 g/mol. The molecule has 17 rings (SSSR count). The first kappa shape index (κ1) is 45.1. The van der Waals surface area contributed by atoms with E-state index in [-0.39, 0.29) is 14.5 Å². The Kier molecular flexibility index (Phi) is 10.2. The number of benzene rings is 14. The van der Waals surface area contributed by atoms with Gasteiger partial charge in [0.05, 0.1) is 0 Å². The number of hydrogen-bond acceptors (Lipinski definition) is 2. The number of hydrogen-bond donors (Lipinski definition) is 0. The normalized spacial score (nSPS) is 12.1. The first-order valence-corrected chi connectivity index (χ1v) is 30.4. The molecule has 3 heteroatoms. The first-order chi connectivity index (χ1) is 39.2. The van der Waals surface area contributed by atoms with Crippen LogP contribution >= 0.6 is 22.7 Å². The Morgan fingerprint density at radius 3 is 0.949 bits per heavy atom. The van der Waals surface area contributed by atoms with Gasteiger partial charge >= 0.3 is 378 Å². The molecule has 0 bridgehead atoms. The number of thiophene rings is 2. The molecule has 0 atom stereocenters. The van der Waals surface area contributed by atoms with Gasteiger partial charge in [-0.05, 0) is 22.8 Å². The van der Waals surface area contributed by atoms with Gasteiger partial charge in [-0.15, -0.1) is 0 Å². The molecule has 0 saturated heterocycles. The molecule has 3 heterocycles. The van der Waals surface area contributed by atoms with Gasteiger partial charge in [-0.1, -0.05) is 72.8 Å². The Labute approximate surface area is 470 Å². The van der Waals surface area contributed by atoms with Crippen LogP contribution in [0.5, 0.6) is 0 Å². The minimum Gasteiger partial charge on any atom is -0.0617 e. The maximum atomic E-state index is 2.53. The summed E-state index contributed by atoms with van der Waals surface area (Å²) in [7, 11) is 0. The summed E-state index contributed by atoms with van der Waals surface area (Å²) < 4.78 is 8.17. The maximum absolute atomic E-state index is 2.53. The fourth-order valence-corrected chi connectivity index (χ4v) is 17.9. The number of fused-ring (bicyclic) bond motifs is 13. The minimum absolute atomic E-state index is 0.0619. The van der Waals surface area contributed by atoms with Gasteiger partial charge in [-0.25, -0.2) is 0 Å². The van der Waals surface area contributed by atoms with Crippen molar-refractivity contribution in [3.05, 3.63) is 267 Å². The van der Waals surface area contributed by atoms with Crippen molar-refractivity contribution in [3.63, 3.8) is 0 Å². The van der Waals surface area contributed by atoms with Crippen LogP contribution in [0, 0.1) is 0 Å². The molecule has 366 valence electrons. The Morgan fingerprint density at radius 1 is 0.203 bits per heavy atom. The van der Waals surface area contributed by atoms with Gasteiger partial charge in [0.2, 0.25) is 0 Å². The van der Waals surface area contributed by atoms with Crippen LogP contribution in [0.1, 0.15) is 0 Å². The molecule has 3 aromatic heterocycles. The number of rotatable bonds is 6. The van der Waals surface area contributed by atoms with Crippen LogP contribution in [0.4, 0.5) is 0 Å². The minimum atomic E-state index is 0.0619. The van der Waals surface area contributed by atoms with E-state index in [0.717, 1.165) is 0 Å². The van der Waals surface area contributed by atoms with Crippen molar-refractivity contribution in [2.45, 2.75) is 0 Å². The van der Waals surface area contributed by atoms with Crippen LogP contribution in [0.3, 0.4) is 0 Å². The standard InChI is InChI=1S/C76H44S2Se/c1-3-16-45(17-4-1)47-31-36-67-63(40-47)65-42-49(33-38-69(65)77-67)72-53-20-7-9-22-55(53)74(56-23-10-8-21-54(56)72)51-30-35-52-61-28-15-29-62(76(61)79-71(52)44-51)75-59-26-13-11-24-57(59)73(58-25-12-14-27-60(58)75)50-34-39-70-66(43-50)64-41-48(32-37-68(64)78-70)46-18-5-2-6-19-46/h1-44H. The molecule has 0 amide bonds. The summed E-state index contributed by atoms with van der Waals surface area (Å²) in [5.41, 5.74) is 15.3. The second kappa shape index (κ2) is 17.8. The van der Waals surface area contributed by atoms with Crippen molar-refractivity contribution in [1.29, 1.82) is 0 Å². The second-order valence-electron chi connectivity index (χ2n) is 21.0. The Morgan fingerprint density at radius 2 is 0.532 bits per heavy atom. The molecule has 0 fully saturated rings. The van der Waals surface area contributed by atoms with Gasteiger partial charge in [0.25, 0.3) is 0 Å². The molecule has 0 spiro atoms. The zero-order valence-corrected chi connectivity index (χ0v) is 46.0. The quantitative estimate of drug-likeness (QED) is 0.115. The van der Waals surface area contributed by atoms with Gasteiger partial charge in [-0.3, -0.25) is 0 Å². The van der Waals surface area contributed by atoms with E-state index in [9.17, 15) is 0 Å². The van der Waals surface area contributed by atoms with E-state index in [1.807, 2.05) is 22.7 Å². The van der Waals surface area contributed by atoms with E-state index in [0.29, 0.717) is 0 Å². The van der Waals surface area contributed by atoms with Crippen molar-refractivity contribution >= 4 is 140 Å². The molecule has 14 aromatic carbocycles. The molecule has 0 N–H and O–H groups in total. The predicted octanol–water partition coefficient (Wildman–Crippen LogP) is 22.4. The predicted molar refractivity (Wildman–Crippen MR) is 347 cm³/mol. The third-order valence-electron chi connectivity index (χ3n) is 16.6. The Hall–Kier alpha value is -8.92. The van der Waals surface area contributed by atoms with Crippen molar-refractivity contribution in [1.82, 2.24) is 0 Å². The third-order valence-corrected chi connectivity index (χ3v) is 21.5.